The van der Waals surface area contributed by atoms with E-state index in [1.165, 1.54) is 0 Å². The molecule has 4 nitrogen and oxygen atoms in total. The summed E-state index contributed by atoms with van der Waals surface area (Å²) < 4.78 is 2.14. The highest BCUT2D eigenvalue weighted by Crippen LogP contribution is 2.22. The van der Waals surface area contributed by atoms with Gasteiger partial charge < -0.3 is 15.0 Å². The highest BCUT2D eigenvalue weighted by atomic mass is 16.3. The van der Waals surface area contributed by atoms with Crippen molar-refractivity contribution in [2.45, 2.75) is 27.3 Å². The third-order valence-corrected chi connectivity index (χ3v) is 3.52. The number of fused-ring (bicyclic) bond motifs is 1. The monoisotopic (exact) mass is 288 g/mol. The summed E-state index contributed by atoms with van der Waals surface area (Å²) in [4.78, 5) is 12.4. The van der Waals surface area contributed by atoms with E-state index in [4.69, 9.17) is 5.11 Å². The van der Waals surface area contributed by atoms with Gasteiger partial charge >= 0.3 is 0 Å². The molecule has 0 saturated heterocycles. The Labute approximate surface area is 125 Å². The zero-order valence-corrected chi connectivity index (χ0v) is 13.0. The molecule has 1 aromatic heterocycles. The first-order chi connectivity index (χ1) is 10.0. The van der Waals surface area contributed by atoms with Crippen LogP contribution >= 0.6 is 0 Å². The molecule has 0 bridgehead atoms. The van der Waals surface area contributed by atoms with Gasteiger partial charge in [-0.2, -0.15) is 0 Å². The van der Waals surface area contributed by atoms with Gasteiger partial charge in [0.25, 0.3) is 5.91 Å². The Hall–Kier alpha value is -1.81. The second kappa shape index (κ2) is 6.76. The minimum absolute atomic E-state index is 0.0676. The average Bonchev–Trinajstić information content (AvgIpc) is 2.83. The van der Waals surface area contributed by atoms with E-state index in [0.29, 0.717) is 18.0 Å². The fraction of sp³-hybridized carbons (Fsp3) is 0.471. The zero-order valence-electron chi connectivity index (χ0n) is 13.0. The van der Waals surface area contributed by atoms with Gasteiger partial charge in [0.15, 0.2) is 0 Å². The second-order valence-electron chi connectivity index (χ2n) is 6.10. The molecule has 2 rings (SSSR count). The first-order valence-corrected chi connectivity index (χ1v) is 7.49. The van der Waals surface area contributed by atoms with E-state index in [0.717, 1.165) is 17.4 Å². The van der Waals surface area contributed by atoms with Crippen molar-refractivity contribution in [3.05, 3.63) is 36.0 Å². The van der Waals surface area contributed by atoms with Crippen LogP contribution < -0.4 is 5.32 Å². The summed E-state index contributed by atoms with van der Waals surface area (Å²) in [5.41, 5.74) is 1.79. The number of nitrogens with zero attached hydrogens (tertiary/aromatic N) is 1. The number of benzene rings is 1. The van der Waals surface area contributed by atoms with Crippen LogP contribution in [0.3, 0.4) is 0 Å². The van der Waals surface area contributed by atoms with E-state index in [2.05, 4.69) is 23.7 Å². The smallest absolute Gasteiger partial charge is 0.253 e. The summed E-state index contributed by atoms with van der Waals surface area (Å²) in [6, 6.07) is 7.98. The number of carbonyl (C=O) groups is 1. The van der Waals surface area contributed by atoms with Gasteiger partial charge in [0.2, 0.25) is 0 Å². The quantitative estimate of drug-likeness (QED) is 0.858. The first kappa shape index (κ1) is 15.6. The molecule has 2 N–H and O–H groups in total. The molecule has 1 atom stereocenters. The molecule has 21 heavy (non-hydrogen) atoms. The standard InChI is InChI=1S/C17H24N2O2/c1-12(2)9-19-10-15(14-6-4-5-7-16(14)19)17(21)18-8-13(3)11-20/h4-7,10,12-13,20H,8-9,11H2,1-3H3,(H,18,21). The van der Waals surface area contributed by atoms with Gasteiger partial charge in [-0.15, -0.1) is 0 Å². The van der Waals surface area contributed by atoms with Crippen LogP contribution in [0.5, 0.6) is 0 Å². The van der Waals surface area contributed by atoms with Crippen molar-refractivity contribution in [3.63, 3.8) is 0 Å². The molecule has 4 heteroatoms. The molecular formula is C17H24N2O2. The van der Waals surface area contributed by atoms with Crippen LogP contribution in [0.1, 0.15) is 31.1 Å². The fourth-order valence-corrected chi connectivity index (χ4v) is 2.40. The Morgan fingerprint density at radius 2 is 2.00 bits per heavy atom. The Morgan fingerprint density at radius 3 is 2.67 bits per heavy atom. The van der Waals surface area contributed by atoms with Gasteiger partial charge in [-0.25, -0.2) is 0 Å². The van der Waals surface area contributed by atoms with Crippen molar-refractivity contribution in [3.8, 4) is 0 Å². The molecule has 0 saturated carbocycles. The predicted octanol–water partition coefficient (Wildman–Crippen LogP) is 2.66. The van der Waals surface area contributed by atoms with E-state index in [-0.39, 0.29) is 18.4 Å². The number of hydrogen-bond acceptors (Lipinski definition) is 2. The van der Waals surface area contributed by atoms with Crippen LogP contribution in [0.25, 0.3) is 10.9 Å². The van der Waals surface area contributed by atoms with Crippen LogP contribution in [-0.2, 0) is 6.54 Å². The lowest BCUT2D eigenvalue weighted by Gasteiger charge is -2.09. The van der Waals surface area contributed by atoms with Gasteiger partial charge in [-0.3, -0.25) is 4.79 Å². The van der Waals surface area contributed by atoms with Gasteiger partial charge in [0.05, 0.1) is 5.56 Å². The Kier molecular flexibility index (Phi) is 5.02. The molecule has 0 aliphatic carbocycles. The van der Waals surface area contributed by atoms with Crippen molar-refractivity contribution in [2.24, 2.45) is 11.8 Å². The van der Waals surface area contributed by atoms with Gasteiger partial charge in [-0.05, 0) is 17.9 Å². The molecule has 114 valence electrons. The molecule has 0 aliphatic rings. The number of nitrogens with one attached hydrogen (secondary N) is 1. The third-order valence-electron chi connectivity index (χ3n) is 3.52. The zero-order chi connectivity index (χ0) is 15.4. The second-order valence-corrected chi connectivity index (χ2v) is 6.10. The normalized spacial score (nSPS) is 12.8. The van der Waals surface area contributed by atoms with Crippen molar-refractivity contribution < 1.29 is 9.90 Å². The van der Waals surface area contributed by atoms with E-state index < -0.39 is 0 Å². The lowest BCUT2D eigenvalue weighted by Crippen LogP contribution is -2.29. The van der Waals surface area contributed by atoms with E-state index in [9.17, 15) is 4.79 Å². The molecule has 0 radical (unpaired) electrons. The van der Waals surface area contributed by atoms with Gasteiger partial charge in [-0.1, -0.05) is 39.0 Å². The number of aliphatic hydroxyl groups excluding tert-OH is 1. The van der Waals surface area contributed by atoms with Crippen molar-refractivity contribution >= 4 is 16.8 Å². The number of para-hydroxylation sites is 1. The van der Waals surface area contributed by atoms with E-state index in [1.807, 2.05) is 37.4 Å². The van der Waals surface area contributed by atoms with Crippen LogP contribution in [0.15, 0.2) is 30.5 Å². The molecule has 1 heterocycles. The summed E-state index contributed by atoms with van der Waals surface area (Å²) >= 11 is 0. The highest BCUT2D eigenvalue weighted by molar-refractivity contribution is 6.07. The van der Waals surface area contributed by atoms with Gasteiger partial charge in [0.1, 0.15) is 0 Å². The summed E-state index contributed by atoms with van der Waals surface area (Å²) in [5.74, 6) is 0.512. The van der Waals surface area contributed by atoms with Crippen LogP contribution in [0.2, 0.25) is 0 Å². The highest BCUT2D eigenvalue weighted by Gasteiger charge is 2.15. The summed E-state index contributed by atoms with van der Waals surface area (Å²) in [7, 11) is 0. The summed E-state index contributed by atoms with van der Waals surface area (Å²) in [6.07, 6.45) is 1.93. The molecule has 0 spiro atoms. The lowest BCUT2D eigenvalue weighted by atomic mass is 10.1. The Morgan fingerprint density at radius 1 is 1.29 bits per heavy atom. The van der Waals surface area contributed by atoms with Crippen molar-refractivity contribution in [1.82, 2.24) is 9.88 Å². The Balaban J connectivity index is 2.28. The number of rotatable bonds is 6. The predicted molar refractivity (Wildman–Crippen MR) is 85.4 cm³/mol. The van der Waals surface area contributed by atoms with E-state index >= 15 is 0 Å². The maximum absolute atomic E-state index is 12.4. The number of aliphatic hydroxyl groups is 1. The Bertz CT molecular complexity index is 616. The van der Waals surface area contributed by atoms with Crippen LogP contribution in [0.4, 0.5) is 0 Å². The SMILES string of the molecule is CC(C)Cn1cc(C(=O)NCC(C)CO)c2ccccc21. The minimum atomic E-state index is -0.0750. The average molecular weight is 288 g/mol. The van der Waals surface area contributed by atoms with Crippen molar-refractivity contribution in [2.75, 3.05) is 13.2 Å². The molecular weight excluding hydrogens is 264 g/mol. The third kappa shape index (κ3) is 3.64. The molecule has 2 aromatic rings. The molecule has 0 fully saturated rings. The summed E-state index contributed by atoms with van der Waals surface area (Å²) in [6.45, 7) is 7.69. The number of carbonyl (C=O) groups excluding carboxylic acids is 1. The number of aromatic nitrogens is 1. The topological polar surface area (TPSA) is 54.3 Å². The summed E-state index contributed by atoms with van der Waals surface area (Å²) in [5, 5.41) is 12.9. The maximum Gasteiger partial charge on any atom is 0.253 e. The molecule has 1 aromatic carbocycles. The molecule has 1 amide bonds. The molecule has 1 unspecified atom stereocenters. The fourth-order valence-electron chi connectivity index (χ4n) is 2.40. The number of amides is 1. The first-order valence-electron chi connectivity index (χ1n) is 7.49. The van der Waals surface area contributed by atoms with Crippen LogP contribution in [0, 0.1) is 11.8 Å². The van der Waals surface area contributed by atoms with Gasteiger partial charge in [0, 0.05) is 36.8 Å². The van der Waals surface area contributed by atoms with Crippen LogP contribution in [-0.4, -0.2) is 28.7 Å². The molecule has 0 aliphatic heterocycles. The maximum atomic E-state index is 12.4. The minimum Gasteiger partial charge on any atom is -0.396 e. The number of hydrogen-bond donors (Lipinski definition) is 2. The largest absolute Gasteiger partial charge is 0.396 e. The lowest BCUT2D eigenvalue weighted by molar-refractivity contribution is 0.0943. The van der Waals surface area contributed by atoms with E-state index in [1.54, 1.807) is 0 Å². The van der Waals surface area contributed by atoms with Crippen molar-refractivity contribution in [1.29, 1.82) is 0 Å².